The van der Waals surface area contributed by atoms with Gasteiger partial charge >= 0.3 is 0 Å². The Labute approximate surface area is 195 Å². The van der Waals surface area contributed by atoms with Gasteiger partial charge in [0.15, 0.2) is 5.22 Å². The average molecular weight is 474 g/mol. The highest BCUT2D eigenvalue weighted by molar-refractivity contribution is 6.28. The van der Waals surface area contributed by atoms with Crippen LogP contribution in [0.5, 0.6) is 0 Å². The standard InChI is InChI=1S/C23H24ClN3O6/c1-31-18-12-19(27(13-18)21(28)9-7-17-6-8-20(24)33-17)23(30)25-15-2-4-16(5-3-15)26-10-11-32-14-22(26)29/h2-9,18-19H,10-14H2,1H3,(H,25,30)/t18-,19-/m1/s1. The van der Waals surface area contributed by atoms with Crippen LogP contribution in [0.3, 0.4) is 0 Å². The van der Waals surface area contributed by atoms with Crippen LogP contribution in [0.1, 0.15) is 12.2 Å². The van der Waals surface area contributed by atoms with Gasteiger partial charge in [0.2, 0.25) is 11.8 Å². The molecule has 2 atom stereocenters. The molecule has 1 aromatic heterocycles. The van der Waals surface area contributed by atoms with E-state index < -0.39 is 6.04 Å². The van der Waals surface area contributed by atoms with E-state index in [1.807, 2.05) is 0 Å². The molecule has 0 aliphatic carbocycles. The van der Waals surface area contributed by atoms with Crippen molar-refractivity contribution in [2.24, 2.45) is 0 Å². The van der Waals surface area contributed by atoms with Crippen molar-refractivity contribution in [2.45, 2.75) is 18.6 Å². The second-order valence-electron chi connectivity index (χ2n) is 7.71. The second-order valence-corrected chi connectivity index (χ2v) is 8.08. The molecule has 0 unspecified atom stereocenters. The van der Waals surface area contributed by atoms with Gasteiger partial charge in [0, 0.05) is 44.1 Å². The summed E-state index contributed by atoms with van der Waals surface area (Å²) in [4.78, 5) is 40.9. The van der Waals surface area contributed by atoms with Gasteiger partial charge in [-0.15, -0.1) is 0 Å². The van der Waals surface area contributed by atoms with Crippen molar-refractivity contribution in [1.29, 1.82) is 0 Å². The summed E-state index contributed by atoms with van der Waals surface area (Å²) in [5, 5.41) is 3.08. The first kappa shape index (κ1) is 23.0. The number of anilines is 2. The monoisotopic (exact) mass is 473 g/mol. The van der Waals surface area contributed by atoms with Crippen LogP contribution in [0.15, 0.2) is 46.9 Å². The van der Waals surface area contributed by atoms with E-state index in [0.717, 1.165) is 5.69 Å². The number of furan rings is 1. The van der Waals surface area contributed by atoms with Gasteiger partial charge in [0.05, 0.1) is 12.7 Å². The minimum Gasteiger partial charge on any atom is -0.445 e. The SMILES string of the molecule is CO[C@@H]1C[C@H](C(=O)Nc2ccc(N3CCOCC3=O)cc2)N(C(=O)C=Cc2ccc(Cl)o2)C1. The molecule has 2 fully saturated rings. The zero-order valence-corrected chi connectivity index (χ0v) is 18.8. The van der Waals surface area contributed by atoms with E-state index in [9.17, 15) is 14.4 Å². The zero-order chi connectivity index (χ0) is 23.4. The maximum absolute atomic E-state index is 13.0. The fourth-order valence-electron chi connectivity index (χ4n) is 3.87. The van der Waals surface area contributed by atoms with E-state index in [1.54, 1.807) is 48.4 Å². The van der Waals surface area contributed by atoms with Crippen LogP contribution in [0.25, 0.3) is 6.08 Å². The Kier molecular flexibility index (Phi) is 7.12. The lowest BCUT2D eigenvalue weighted by Crippen LogP contribution is -2.42. The quantitative estimate of drug-likeness (QED) is 0.647. The molecule has 33 heavy (non-hydrogen) atoms. The summed E-state index contributed by atoms with van der Waals surface area (Å²) in [6.45, 7) is 1.33. The van der Waals surface area contributed by atoms with Crippen molar-refractivity contribution < 1.29 is 28.3 Å². The predicted octanol–water partition coefficient (Wildman–Crippen LogP) is 2.56. The number of benzene rings is 1. The highest BCUT2D eigenvalue weighted by atomic mass is 35.5. The second kappa shape index (κ2) is 10.2. The summed E-state index contributed by atoms with van der Waals surface area (Å²) in [6, 6.07) is 9.53. The van der Waals surface area contributed by atoms with Gasteiger partial charge in [-0.3, -0.25) is 14.4 Å². The number of likely N-dealkylation sites (tertiary alicyclic amines) is 1. The lowest BCUT2D eigenvalue weighted by Gasteiger charge is -2.27. The minimum absolute atomic E-state index is 0.0616. The van der Waals surface area contributed by atoms with Crippen LogP contribution in [0.4, 0.5) is 11.4 Å². The van der Waals surface area contributed by atoms with Crippen molar-refractivity contribution in [3.8, 4) is 0 Å². The maximum Gasteiger partial charge on any atom is 0.253 e. The first-order valence-corrected chi connectivity index (χ1v) is 10.9. The number of morpholine rings is 1. The van der Waals surface area contributed by atoms with Gasteiger partial charge in [-0.1, -0.05) is 0 Å². The lowest BCUT2D eigenvalue weighted by molar-refractivity contribution is -0.132. The van der Waals surface area contributed by atoms with Crippen molar-refractivity contribution in [3.05, 3.63) is 53.5 Å². The zero-order valence-electron chi connectivity index (χ0n) is 18.0. The van der Waals surface area contributed by atoms with E-state index in [-0.39, 0.29) is 35.7 Å². The molecule has 2 aliphatic heterocycles. The van der Waals surface area contributed by atoms with E-state index in [0.29, 0.717) is 37.6 Å². The first-order valence-electron chi connectivity index (χ1n) is 10.5. The molecule has 1 N–H and O–H groups in total. The summed E-state index contributed by atoms with van der Waals surface area (Å²) in [7, 11) is 1.56. The number of nitrogens with zero attached hydrogens (tertiary/aromatic N) is 2. The van der Waals surface area contributed by atoms with Crippen molar-refractivity contribution >= 4 is 46.8 Å². The smallest absolute Gasteiger partial charge is 0.253 e. The van der Waals surface area contributed by atoms with Crippen LogP contribution in [-0.2, 0) is 23.9 Å². The molecule has 2 aromatic rings. The number of nitrogens with one attached hydrogen (secondary N) is 1. The van der Waals surface area contributed by atoms with Crippen molar-refractivity contribution in [3.63, 3.8) is 0 Å². The van der Waals surface area contributed by atoms with Crippen LogP contribution >= 0.6 is 11.6 Å². The Hall–Kier alpha value is -3.14. The Morgan fingerprint density at radius 2 is 2.00 bits per heavy atom. The highest BCUT2D eigenvalue weighted by Gasteiger charge is 2.39. The molecule has 2 saturated heterocycles. The van der Waals surface area contributed by atoms with Gasteiger partial charge in [0.25, 0.3) is 5.91 Å². The number of hydrogen-bond acceptors (Lipinski definition) is 6. The normalized spacial score (nSPS) is 21.1. The molecule has 0 radical (unpaired) electrons. The fraction of sp³-hybridized carbons (Fsp3) is 0.348. The van der Waals surface area contributed by atoms with E-state index in [1.165, 1.54) is 17.1 Å². The Bertz CT molecular complexity index is 1050. The molecular formula is C23H24ClN3O6. The molecule has 4 rings (SSSR count). The molecule has 10 heteroatoms. The topological polar surface area (TPSA) is 101 Å². The average Bonchev–Trinajstić information content (AvgIpc) is 3.45. The summed E-state index contributed by atoms with van der Waals surface area (Å²) >= 11 is 5.75. The molecule has 0 bridgehead atoms. The third-order valence-corrected chi connectivity index (χ3v) is 5.80. The summed E-state index contributed by atoms with van der Waals surface area (Å²) < 4.78 is 15.8. The molecule has 0 saturated carbocycles. The van der Waals surface area contributed by atoms with Gasteiger partial charge in [0.1, 0.15) is 18.4 Å². The maximum atomic E-state index is 13.0. The van der Waals surface area contributed by atoms with Gasteiger partial charge in [-0.2, -0.15) is 0 Å². The van der Waals surface area contributed by atoms with E-state index in [2.05, 4.69) is 5.32 Å². The number of carbonyl (C=O) groups is 3. The van der Waals surface area contributed by atoms with Crippen molar-refractivity contribution in [2.75, 3.05) is 43.6 Å². The number of amides is 3. The molecule has 3 amide bonds. The summed E-state index contributed by atoms with van der Waals surface area (Å²) in [5.41, 5.74) is 1.31. The Morgan fingerprint density at radius 1 is 1.21 bits per heavy atom. The lowest BCUT2D eigenvalue weighted by atomic mass is 10.1. The van der Waals surface area contributed by atoms with Gasteiger partial charge in [-0.05, 0) is 54.1 Å². The fourth-order valence-corrected chi connectivity index (χ4v) is 4.02. The number of hydrogen-bond donors (Lipinski definition) is 1. The highest BCUT2D eigenvalue weighted by Crippen LogP contribution is 2.24. The molecule has 1 aromatic carbocycles. The number of rotatable bonds is 6. The van der Waals surface area contributed by atoms with Crippen LogP contribution in [-0.4, -0.2) is 68.2 Å². The van der Waals surface area contributed by atoms with Gasteiger partial charge in [-0.25, -0.2) is 0 Å². The van der Waals surface area contributed by atoms with Crippen LogP contribution in [0, 0.1) is 0 Å². The Morgan fingerprint density at radius 3 is 2.67 bits per heavy atom. The summed E-state index contributed by atoms with van der Waals surface area (Å²) in [6.07, 6.45) is 3.00. The van der Waals surface area contributed by atoms with E-state index >= 15 is 0 Å². The number of carbonyl (C=O) groups excluding carboxylic acids is 3. The molecule has 9 nitrogen and oxygen atoms in total. The number of ether oxygens (including phenoxy) is 2. The molecule has 2 aliphatic rings. The molecular weight excluding hydrogens is 450 g/mol. The van der Waals surface area contributed by atoms with E-state index in [4.69, 9.17) is 25.5 Å². The predicted molar refractivity (Wildman–Crippen MR) is 122 cm³/mol. The third-order valence-electron chi connectivity index (χ3n) is 5.60. The molecule has 174 valence electrons. The van der Waals surface area contributed by atoms with Crippen molar-refractivity contribution in [1.82, 2.24) is 4.90 Å². The molecule has 3 heterocycles. The van der Waals surface area contributed by atoms with Crippen LogP contribution < -0.4 is 10.2 Å². The third kappa shape index (κ3) is 5.44. The largest absolute Gasteiger partial charge is 0.445 e. The Balaban J connectivity index is 1.42. The summed E-state index contributed by atoms with van der Waals surface area (Å²) in [5.74, 6) is -0.305. The first-order chi connectivity index (χ1) is 15.9. The van der Waals surface area contributed by atoms with Crippen LogP contribution in [0.2, 0.25) is 5.22 Å². The minimum atomic E-state index is -0.687. The number of methoxy groups -OCH3 is 1. The molecule has 0 spiro atoms. The number of halogens is 1. The van der Waals surface area contributed by atoms with Gasteiger partial charge < -0.3 is 29.0 Å².